The van der Waals surface area contributed by atoms with Crippen LogP contribution in [0, 0.1) is 0 Å². The van der Waals surface area contributed by atoms with Gasteiger partial charge < -0.3 is 4.74 Å². The molecule has 1 unspecified atom stereocenters. The van der Waals surface area contributed by atoms with Gasteiger partial charge in [-0.2, -0.15) is 0 Å². The number of rotatable bonds is 4. The Morgan fingerprint density at radius 3 is 2.85 bits per heavy atom. The van der Waals surface area contributed by atoms with Gasteiger partial charge in [-0.15, -0.1) is 0 Å². The van der Waals surface area contributed by atoms with E-state index >= 15 is 0 Å². The highest BCUT2D eigenvalue weighted by atomic mass is 16.5. The van der Waals surface area contributed by atoms with Crippen LogP contribution in [-0.4, -0.2) is 6.61 Å². The maximum atomic E-state index is 5.79. The largest absolute Gasteiger partial charge is 0.493 e. The number of aryl methyl sites for hydroxylation is 1. The molecule has 2 aromatic carbocycles. The second kappa shape index (κ2) is 5.65. The van der Waals surface area contributed by atoms with Crippen LogP contribution in [0.15, 0.2) is 42.5 Å². The average Bonchev–Trinajstić information content (AvgIpc) is 2.96. The lowest BCUT2D eigenvalue weighted by molar-refractivity contribution is 0.357. The van der Waals surface area contributed by atoms with Gasteiger partial charge in [0.25, 0.3) is 0 Å². The molecule has 0 amide bonds. The summed E-state index contributed by atoms with van der Waals surface area (Å²) in [7, 11) is 0. The third-order valence-electron chi connectivity index (χ3n) is 3.91. The number of nitrogens with two attached hydrogens (primary N) is 1. The summed E-state index contributed by atoms with van der Waals surface area (Å²) in [5, 5.41) is 0. The van der Waals surface area contributed by atoms with Gasteiger partial charge in [-0.3, -0.25) is 5.84 Å². The van der Waals surface area contributed by atoms with Crippen LogP contribution >= 0.6 is 0 Å². The molecule has 0 fully saturated rings. The van der Waals surface area contributed by atoms with Gasteiger partial charge in [0.15, 0.2) is 0 Å². The fourth-order valence-corrected chi connectivity index (χ4v) is 2.76. The molecule has 2 aromatic rings. The highest BCUT2D eigenvalue weighted by Crippen LogP contribution is 2.30. The molecule has 0 aromatic heterocycles. The first kappa shape index (κ1) is 13.2. The van der Waals surface area contributed by atoms with Crippen LogP contribution in [0.5, 0.6) is 5.75 Å². The van der Waals surface area contributed by atoms with E-state index in [0.29, 0.717) is 0 Å². The molecule has 1 aliphatic heterocycles. The number of nitrogens with one attached hydrogen (secondary N) is 1. The predicted octanol–water partition coefficient (Wildman–Crippen LogP) is 2.74. The third-order valence-corrected chi connectivity index (χ3v) is 3.91. The molecule has 1 heterocycles. The zero-order chi connectivity index (χ0) is 13.9. The van der Waals surface area contributed by atoms with Crippen molar-refractivity contribution >= 4 is 0 Å². The Bertz CT molecular complexity index is 610. The topological polar surface area (TPSA) is 47.3 Å². The van der Waals surface area contributed by atoms with Crippen molar-refractivity contribution < 1.29 is 4.74 Å². The molecule has 20 heavy (non-hydrogen) atoms. The van der Waals surface area contributed by atoms with Crippen molar-refractivity contribution in [1.82, 2.24) is 5.43 Å². The fraction of sp³-hybridized carbons (Fsp3) is 0.294. The zero-order valence-corrected chi connectivity index (χ0v) is 11.7. The summed E-state index contributed by atoms with van der Waals surface area (Å²) in [5.41, 5.74) is 7.92. The molecule has 0 radical (unpaired) electrons. The number of ether oxygens (including phenoxy) is 1. The molecule has 0 saturated carbocycles. The summed E-state index contributed by atoms with van der Waals surface area (Å²) in [5.74, 6) is 6.80. The molecule has 0 spiro atoms. The van der Waals surface area contributed by atoms with E-state index < -0.39 is 0 Å². The van der Waals surface area contributed by atoms with Crippen molar-refractivity contribution in [2.75, 3.05) is 6.61 Å². The summed E-state index contributed by atoms with van der Waals surface area (Å²) < 4.78 is 5.56. The highest BCUT2D eigenvalue weighted by molar-refractivity contribution is 5.43. The van der Waals surface area contributed by atoms with E-state index in [4.69, 9.17) is 10.6 Å². The van der Waals surface area contributed by atoms with Crippen molar-refractivity contribution in [2.45, 2.75) is 25.8 Å². The van der Waals surface area contributed by atoms with E-state index in [1.165, 1.54) is 22.3 Å². The van der Waals surface area contributed by atoms with Crippen LogP contribution in [0.25, 0.3) is 0 Å². The van der Waals surface area contributed by atoms with Crippen molar-refractivity contribution in [1.29, 1.82) is 0 Å². The molecule has 0 bridgehead atoms. The van der Waals surface area contributed by atoms with Crippen LogP contribution in [0.1, 0.15) is 35.2 Å². The molecule has 1 aliphatic rings. The maximum absolute atomic E-state index is 5.79. The fourth-order valence-electron chi connectivity index (χ4n) is 2.76. The van der Waals surface area contributed by atoms with E-state index in [9.17, 15) is 0 Å². The van der Waals surface area contributed by atoms with Crippen LogP contribution in [-0.2, 0) is 12.8 Å². The lowest BCUT2D eigenvalue weighted by Crippen LogP contribution is -2.29. The number of hydrogen-bond acceptors (Lipinski definition) is 3. The SMILES string of the molecule is CCc1cccc(C(NN)c2ccc3c(c2)CCO3)c1. The molecule has 0 saturated heterocycles. The number of fused-ring (bicyclic) bond motifs is 1. The molecule has 3 nitrogen and oxygen atoms in total. The molecule has 3 N–H and O–H groups in total. The van der Waals surface area contributed by atoms with Crippen LogP contribution in [0.2, 0.25) is 0 Å². The monoisotopic (exact) mass is 268 g/mol. The predicted molar refractivity (Wildman–Crippen MR) is 80.6 cm³/mol. The minimum atomic E-state index is 0.0207. The van der Waals surface area contributed by atoms with E-state index in [2.05, 4.69) is 48.7 Å². The molecule has 0 aliphatic carbocycles. The minimum absolute atomic E-state index is 0.0207. The van der Waals surface area contributed by atoms with E-state index in [0.717, 1.165) is 25.2 Å². The van der Waals surface area contributed by atoms with Crippen LogP contribution in [0.3, 0.4) is 0 Å². The summed E-state index contributed by atoms with van der Waals surface area (Å²) >= 11 is 0. The second-order valence-electron chi connectivity index (χ2n) is 5.16. The average molecular weight is 268 g/mol. The quantitative estimate of drug-likeness (QED) is 0.662. The standard InChI is InChI=1S/C17H20N2O/c1-2-12-4-3-5-14(10-12)17(19-18)15-6-7-16-13(11-15)8-9-20-16/h3-7,10-11,17,19H,2,8-9,18H2,1H3. The molecular weight excluding hydrogens is 248 g/mol. The Kier molecular flexibility index (Phi) is 3.72. The Morgan fingerprint density at radius 2 is 2.05 bits per heavy atom. The van der Waals surface area contributed by atoms with Gasteiger partial charge in [-0.25, -0.2) is 5.43 Å². The van der Waals surface area contributed by atoms with Crippen molar-refractivity contribution in [3.8, 4) is 5.75 Å². The smallest absolute Gasteiger partial charge is 0.122 e. The van der Waals surface area contributed by atoms with Gasteiger partial charge in [-0.05, 0) is 34.7 Å². The van der Waals surface area contributed by atoms with Gasteiger partial charge in [-0.1, -0.05) is 43.3 Å². The number of hydrogen-bond donors (Lipinski definition) is 2. The third kappa shape index (κ3) is 2.42. The first-order valence-electron chi connectivity index (χ1n) is 7.12. The van der Waals surface area contributed by atoms with Gasteiger partial charge in [0.05, 0.1) is 12.6 Å². The Balaban J connectivity index is 1.96. The summed E-state index contributed by atoms with van der Waals surface area (Å²) in [6, 6.07) is 14.9. The highest BCUT2D eigenvalue weighted by Gasteiger charge is 2.17. The molecule has 3 rings (SSSR count). The first-order valence-corrected chi connectivity index (χ1v) is 7.12. The van der Waals surface area contributed by atoms with Crippen LogP contribution in [0.4, 0.5) is 0 Å². The van der Waals surface area contributed by atoms with Gasteiger partial charge in [0.1, 0.15) is 5.75 Å². The Morgan fingerprint density at radius 1 is 1.20 bits per heavy atom. The maximum Gasteiger partial charge on any atom is 0.122 e. The number of benzene rings is 2. The Labute approximate surface area is 119 Å². The van der Waals surface area contributed by atoms with E-state index in [1.54, 1.807) is 0 Å². The summed E-state index contributed by atoms with van der Waals surface area (Å²) in [4.78, 5) is 0. The van der Waals surface area contributed by atoms with Crippen molar-refractivity contribution in [2.24, 2.45) is 5.84 Å². The minimum Gasteiger partial charge on any atom is -0.493 e. The number of hydrazine groups is 1. The molecule has 104 valence electrons. The first-order chi connectivity index (χ1) is 9.81. The zero-order valence-electron chi connectivity index (χ0n) is 11.7. The molecule has 1 atom stereocenters. The second-order valence-corrected chi connectivity index (χ2v) is 5.16. The lowest BCUT2D eigenvalue weighted by atomic mass is 9.95. The molecular formula is C17H20N2O. The molecule has 3 heteroatoms. The summed E-state index contributed by atoms with van der Waals surface area (Å²) in [6.45, 7) is 2.95. The summed E-state index contributed by atoms with van der Waals surface area (Å²) in [6.07, 6.45) is 2.01. The van der Waals surface area contributed by atoms with Gasteiger partial charge >= 0.3 is 0 Å². The van der Waals surface area contributed by atoms with Gasteiger partial charge in [0, 0.05) is 6.42 Å². The van der Waals surface area contributed by atoms with Crippen molar-refractivity contribution in [3.05, 3.63) is 64.7 Å². The van der Waals surface area contributed by atoms with Gasteiger partial charge in [0.2, 0.25) is 0 Å². The Hall–Kier alpha value is -1.84. The van der Waals surface area contributed by atoms with Crippen molar-refractivity contribution in [3.63, 3.8) is 0 Å². The lowest BCUT2D eigenvalue weighted by Gasteiger charge is -2.18. The van der Waals surface area contributed by atoms with Crippen LogP contribution < -0.4 is 16.0 Å². The van der Waals surface area contributed by atoms with E-state index in [1.807, 2.05) is 6.07 Å². The normalized spacial score (nSPS) is 14.7. The van der Waals surface area contributed by atoms with E-state index in [-0.39, 0.29) is 6.04 Å².